The molecule has 0 radical (unpaired) electrons. The average molecular weight is 380 g/mol. The number of hydrogen-bond acceptors (Lipinski definition) is 4. The molecule has 3 aromatic rings. The number of nitrogens with one attached hydrogen (secondary N) is 1. The lowest BCUT2D eigenvalue weighted by atomic mass is 10.3. The minimum Gasteiger partial charge on any atom is -0.465 e. The number of aryl methyl sites for hydroxylation is 2. The second kappa shape index (κ2) is 6.67. The summed E-state index contributed by atoms with van der Waals surface area (Å²) >= 11 is 5.90. The third-order valence-corrected chi connectivity index (χ3v) is 5.70. The van der Waals surface area contributed by atoms with Gasteiger partial charge in [0.2, 0.25) is 10.0 Å². The number of benzene rings is 1. The highest BCUT2D eigenvalue weighted by molar-refractivity contribution is 7.89. The minimum absolute atomic E-state index is 0.0845. The first-order valence-corrected chi connectivity index (χ1v) is 9.51. The van der Waals surface area contributed by atoms with Crippen LogP contribution in [0.15, 0.2) is 45.7 Å². The Bertz CT molecular complexity index is 1000. The Morgan fingerprint density at radius 1 is 1.12 bits per heavy atom. The van der Waals surface area contributed by atoms with Gasteiger partial charge in [-0.15, -0.1) is 0 Å². The van der Waals surface area contributed by atoms with Crippen LogP contribution in [0.2, 0.25) is 5.02 Å². The van der Waals surface area contributed by atoms with Crippen LogP contribution in [-0.4, -0.2) is 18.2 Å². The summed E-state index contributed by atoms with van der Waals surface area (Å²) in [6.45, 7) is 5.29. The number of sulfonamides is 1. The van der Waals surface area contributed by atoms with E-state index in [-0.39, 0.29) is 11.4 Å². The van der Waals surface area contributed by atoms with Crippen LogP contribution in [-0.2, 0) is 16.6 Å². The average Bonchev–Trinajstić information content (AvgIpc) is 3.10. The van der Waals surface area contributed by atoms with Crippen molar-refractivity contribution in [2.45, 2.75) is 32.2 Å². The van der Waals surface area contributed by atoms with Crippen molar-refractivity contribution in [2.24, 2.45) is 0 Å². The van der Waals surface area contributed by atoms with E-state index in [2.05, 4.69) is 9.82 Å². The molecule has 1 aromatic carbocycles. The molecule has 0 saturated heterocycles. The summed E-state index contributed by atoms with van der Waals surface area (Å²) < 4.78 is 35.0. The van der Waals surface area contributed by atoms with Gasteiger partial charge in [0.15, 0.2) is 0 Å². The molecule has 6 nitrogen and oxygen atoms in total. The fourth-order valence-corrected chi connectivity index (χ4v) is 4.18. The summed E-state index contributed by atoms with van der Waals surface area (Å²) in [7, 11) is -3.73. The Hall–Kier alpha value is -2.09. The quantitative estimate of drug-likeness (QED) is 0.735. The van der Waals surface area contributed by atoms with Gasteiger partial charge in [0.05, 0.1) is 23.6 Å². The van der Waals surface area contributed by atoms with Crippen molar-refractivity contribution in [2.75, 3.05) is 0 Å². The van der Waals surface area contributed by atoms with Crippen molar-refractivity contribution in [3.63, 3.8) is 0 Å². The van der Waals surface area contributed by atoms with E-state index in [4.69, 9.17) is 16.0 Å². The molecule has 0 spiro atoms. The first-order valence-electron chi connectivity index (χ1n) is 7.65. The van der Waals surface area contributed by atoms with Crippen LogP contribution >= 0.6 is 11.6 Å². The molecule has 0 saturated carbocycles. The van der Waals surface area contributed by atoms with E-state index in [0.29, 0.717) is 22.2 Å². The van der Waals surface area contributed by atoms with E-state index in [0.717, 1.165) is 11.4 Å². The summed E-state index contributed by atoms with van der Waals surface area (Å²) in [5.41, 5.74) is 1.70. The van der Waals surface area contributed by atoms with Crippen LogP contribution in [0.3, 0.4) is 0 Å². The molecule has 0 amide bonds. The Balaban J connectivity index is 1.92. The van der Waals surface area contributed by atoms with Gasteiger partial charge in [-0.2, -0.15) is 5.10 Å². The highest BCUT2D eigenvalue weighted by Gasteiger charge is 2.25. The van der Waals surface area contributed by atoms with Crippen molar-refractivity contribution in [1.29, 1.82) is 0 Å². The van der Waals surface area contributed by atoms with E-state index in [1.165, 1.54) is 0 Å². The molecule has 25 heavy (non-hydrogen) atoms. The molecule has 0 atom stereocenters. The lowest BCUT2D eigenvalue weighted by molar-refractivity contribution is 0.475. The molecule has 2 aromatic heterocycles. The fourth-order valence-electron chi connectivity index (χ4n) is 2.67. The van der Waals surface area contributed by atoms with Crippen molar-refractivity contribution in [3.8, 4) is 5.69 Å². The predicted octanol–water partition coefficient (Wildman–Crippen LogP) is 3.52. The van der Waals surface area contributed by atoms with Crippen molar-refractivity contribution < 1.29 is 12.8 Å². The second-order valence-corrected chi connectivity index (χ2v) is 7.87. The summed E-state index contributed by atoms with van der Waals surface area (Å²) in [6, 6.07) is 10.6. The number of hydrogen-bond donors (Lipinski definition) is 1. The molecule has 3 rings (SSSR count). The van der Waals surface area contributed by atoms with Crippen LogP contribution in [0.5, 0.6) is 0 Å². The highest BCUT2D eigenvalue weighted by atomic mass is 35.5. The molecular formula is C17H18ClN3O3S. The zero-order valence-corrected chi connectivity index (χ0v) is 15.6. The van der Waals surface area contributed by atoms with Crippen LogP contribution in [0.4, 0.5) is 0 Å². The largest absolute Gasteiger partial charge is 0.465 e. The van der Waals surface area contributed by atoms with Gasteiger partial charge in [0, 0.05) is 5.02 Å². The molecule has 0 unspecified atom stereocenters. The fraction of sp³-hybridized carbons (Fsp3) is 0.235. The molecule has 132 valence electrons. The van der Waals surface area contributed by atoms with E-state index in [1.807, 2.05) is 6.92 Å². The Labute approximate surface area is 151 Å². The monoisotopic (exact) mass is 379 g/mol. The second-order valence-electron chi connectivity index (χ2n) is 5.73. The topological polar surface area (TPSA) is 77.1 Å². The highest BCUT2D eigenvalue weighted by Crippen LogP contribution is 2.23. The Kier molecular flexibility index (Phi) is 4.73. The van der Waals surface area contributed by atoms with Gasteiger partial charge in [-0.25, -0.2) is 17.8 Å². The van der Waals surface area contributed by atoms with Gasteiger partial charge in [-0.05, 0) is 57.2 Å². The normalized spacial score (nSPS) is 11.8. The maximum Gasteiger partial charge on any atom is 0.244 e. The van der Waals surface area contributed by atoms with E-state index < -0.39 is 10.0 Å². The van der Waals surface area contributed by atoms with E-state index in [9.17, 15) is 8.42 Å². The van der Waals surface area contributed by atoms with E-state index >= 15 is 0 Å². The molecule has 2 heterocycles. The lowest BCUT2D eigenvalue weighted by Gasteiger charge is -2.07. The zero-order valence-electron chi connectivity index (χ0n) is 14.1. The predicted molar refractivity (Wildman–Crippen MR) is 95.5 cm³/mol. The molecule has 0 aliphatic carbocycles. The summed E-state index contributed by atoms with van der Waals surface area (Å²) in [5.74, 6) is 1.29. The maximum absolute atomic E-state index is 12.7. The molecule has 8 heteroatoms. The number of aromatic nitrogens is 2. The minimum atomic E-state index is -3.73. The van der Waals surface area contributed by atoms with Crippen molar-refractivity contribution >= 4 is 21.6 Å². The molecule has 0 aliphatic rings. The number of rotatable bonds is 5. The summed E-state index contributed by atoms with van der Waals surface area (Å²) in [5, 5.41) is 4.97. The van der Waals surface area contributed by atoms with Gasteiger partial charge in [0.25, 0.3) is 0 Å². The van der Waals surface area contributed by atoms with Crippen LogP contribution in [0.25, 0.3) is 5.69 Å². The molecule has 0 bridgehead atoms. The van der Waals surface area contributed by atoms with Crippen LogP contribution in [0, 0.1) is 20.8 Å². The maximum atomic E-state index is 12.7. The molecule has 0 aliphatic heterocycles. The van der Waals surface area contributed by atoms with Crippen LogP contribution < -0.4 is 4.72 Å². The molecule has 1 N–H and O–H groups in total. The Morgan fingerprint density at radius 3 is 2.40 bits per heavy atom. The van der Waals surface area contributed by atoms with Gasteiger partial charge in [0.1, 0.15) is 16.4 Å². The van der Waals surface area contributed by atoms with E-state index in [1.54, 1.807) is 54.9 Å². The van der Waals surface area contributed by atoms with Crippen LogP contribution in [0.1, 0.15) is 22.9 Å². The number of furan rings is 1. The zero-order chi connectivity index (χ0) is 18.2. The number of halogens is 1. The standard InChI is InChI=1S/C17H18ClN3O3S/c1-11-4-9-16(24-11)10-19-25(22,23)17-12(2)20-21(13(17)3)15-7-5-14(18)6-8-15/h4-9,19H,10H2,1-3H3. The molecular weight excluding hydrogens is 362 g/mol. The SMILES string of the molecule is Cc1ccc(CNS(=O)(=O)c2c(C)nn(-c3ccc(Cl)cc3)c2C)o1. The summed E-state index contributed by atoms with van der Waals surface area (Å²) in [4.78, 5) is 0.172. The van der Waals surface area contributed by atoms with Crippen molar-refractivity contribution in [3.05, 3.63) is 64.3 Å². The number of nitrogens with zero attached hydrogens (tertiary/aromatic N) is 2. The van der Waals surface area contributed by atoms with Gasteiger partial charge < -0.3 is 4.42 Å². The summed E-state index contributed by atoms with van der Waals surface area (Å²) in [6.07, 6.45) is 0. The molecule has 0 fully saturated rings. The van der Waals surface area contributed by atoms with Gasteiger partial charge >= 0.3 is 0 Å². The third-order valence-electron chi connectivity index (χ3n) is 3.80. The smallest absolute Gasteiger partial charge is 0.244 e. The lowest BCUT2D eigenvalue weighted by Crippen LogP contribution is -2.24. The van der Waals surface area contributed by atoms with Gasteiger partial charge in [-0.3, -0.25) is 0 Å². The third kappa shape index (κ3) is 3.63. The van der Waals surface area contributed by atoms with Gasteiger partial charge in [-0.1, -0.05) is 11.6 Å². The van der Waals surface area contributed by atoms with Crippen molar-refractivity contribution in [1.82, 2.24) is 14.5 Å². The first-order chi connectivity index (χ1) is 11.8. The first kappa shape index (κ1) is 17.7. The Morgan fingerprint density at radius 2 is 1.80 bits per heavy atom.